The van der Waals surface area contributed by atoms with Gasteiger partial charge in [-0.1, -0.05) is 31.9 Å². The fourth-order valence-electron chi connectivity index (χ4n) is 2.71. The second-order valence-electron chi connectivity index (χ2n) is 5.93. The van der Waals surface area contributed by atoms with Gasteiger partial charge in [-0.15, -0.1) is 0 Å². The van der Waals surface area contributed by atoms with Gasteiger partial charge in [-0.05, 0) is 36.8 Å². The molecule has 0 atom stereocenters. The molecule has 1 aliphatic rings. The van der Waals surface area contributed by atoms with Crippen LogP contribution in [0.15, 0.2) is 24.3 Å². The molecule has 20 heavy (non-hydrogen) atoms. The number of anilines is 2. The molecule has 1 saturated carbocycles. The molecule has 1 aromatic carbocycles. The Labute approximate surface area is 122 Å². The molecule has 0 radical (unpaired) electrons. The minimum atomic E-state index is -3.24. The lowest BCUT2D eigenvalue weighted by molar-refractivity contribution is 0.300. The van der Waals surface area contributed by atoms with Crippen LogP contribution in [-0.4, -0.2) is 21.2 Å². The zero-order chi connectivity index (χ0) is 14.6. The maximum atomic E-state index is 11.4. The van der Waals surface area contributed by atoms with E-state index in [9.17, 15) is 8.42 Å². The molecule has 0 unspecified atom stereocenters. The Morgan fingerprint density at radius 3 is 2.30 bits per heavy atom. The predicted octanol–water partition coefficient (Wildman–Crippen LogP) is 3.30. The third-order valence-corrected chi connectivity index (χ3v) is 4.53. The van der Waals surface area contributed by atoms with E-state index < -0.39 is 10.0 Å². The van der Waals surface area contributed by atoms with Crippen molar-refractivity contribution in [1.82, 2.24) is 0 Å². The summed E-state index contributed by atoms with van der Waals surface area (Å²) in [7, 11) is -3.24. The molecule has 1 fully saturated rings. The molecular weight excluding hydrogens is 272 g/mol. The second-order valence-corrected chi connectivity index (χ2v) is 7.68. The number of hydrogen-bond acceptors (Lipinski definition) is 3. The molecule has 0 amide bonds. The van der Waals surface area contributed by atoms with Crippen LogP contribution in [0.2, 0.25) is 0 Å². The van der Waals surface area contributed by atoms with E-state index in [0.717, 1.165) is 18.2 Å². The van der Waals surface area contributed by atoms with E-state index in [1.807, 2.05) is 18.2 Å². The Hall–Kier alpha value is -1.23. The van der Waals surface area contributed by atoms with Crippen molar-refractivity contribution >= 4 is 21.4 Å². The van der Waals surface area contributed by atoms with Gasteiger partial charge in [-0.3, -0.25) is 4.72 Å². The van der Waals surface area contributed by atoms with Crippen LogP contribution in [0.3, 0.4) is 0 Å². The summed E-state index contributed by atoms with van der Waals surface area (Å²) >= 11 is 0. The summed E-state index contributed by atoms with van der Waals surface area (Å²) in [6.45, 7) is 3.23. The van der Waals surface area contributed by atoms with E-state index in [2.05, 4.69) is 17.0 Å². The highest BCUT2D eigenvalue weighted by atomic mass is 32.2. The molecular formula is C15H24N2O2S. The van der Waals surface area contributed by atoms with Gasteiger partial charge in [-0.2, -0.15) is 0 Å². The van der Waals surface area contributed by atoms with Crippen molar-refractivity contribution in [2.24, 2.45) is 11.8 Å². The van der Waals surface area contributed by atoms with Crippen molar-refractivity contribution in [2.75, 3.05) is 22.8 Å². The highest BCUT2D eigenvalue weighted by Gasteiger charge is 2.18. The third-order valence-electron chi connectivity index (χ3n) is 3.94. The fraction of sp³-hybridized carbons (Fsp3) is 0.600. The molecule has 0 aliphatic heterocycles. The zero-order valence-corrected chi connectivity index (χ0v) is 13.0. The Morgan fingerprint density at radius 2 is 1.70 bits per heavy atom. The normalized spacial score (nSPS) is 23.3. The molecule has 1 aromatic rings. The Kier molecular flexibility index (Phi) is 4.91. The summed E-state index contributed by atoms with van der Waals surface area (Å²) in [6, 6.07) is 7.45. The van der Waals surface area contributed by atoms with Gasteiger partial charge in [0.15, 0.2) is 0 Å². The number of hydrogen-bond donors (Lipinski definition) is 2. The molecule has 0 aromatic heterocycles. The van der Waals surface area contributed by atoms with E-state index in [4.69, 9.17) is 0 Å². The molecule has 4 nitrogen and oxygen atoms in total. The Bertz CT molecular complexity index is 535. The maximum Gasteiger partial charge on any atom is 0.229 e. The number of para-hydroxylation sites is 2. The number of rotatable bonds is 5. The first-order chi connectivity index (χ1) is 9.44. The van der Waals surface area contributed by atoms with Gasteiger partial charge in [0.25, 0.3) is 0 Å². The first-order valence-electron chi connectivity index (χ1n) is 7.25. The van der Waals surface area contributed by atoms with Crippen LogP contribution in [0, 0.1) is 11.8 Å². The minimum Gasteiger partial charge on any atom is -0.383 e. The molecule has 1 aliphatic carbocycles. The smallest absolute Gasteiger partial charge is 0.229 e. The van der Waals surface area contributed by atoms with Crippen LogP contribution in [-0.2, 0) is 10.0 Å². The first kappa shape index (κ1) is 15.2. The van der Waals surface area contributed by atoms with Crippen molar-refractivity contribution < 1.29 is 8.42 Å². The van der Waals surface area contributed by atoms with Crippen LogP contribution in [0.25, 0.3) is 0 Å². The van der Waals surface area contributed by atoms with E-state index in [1.54, 1.807) is 6.07 Å². The lowest BCUT2D eigenvalue weighted by Gasteiger charge is -2.27. The van der Waals surface area contributed by atoms with Gasteiger partial charge in [-0.25, -0.2) is 8.42 Å². The minimum absolute atomic E-state index is 0.624. The average Bonchev–Trinajstić information content (AvgIpc) is 2.38. The summed E-state index contributed by atoms with van der Waals surface area (Å²) in [4.78, 5) is 0. The van der Waals surface area contributed by atoms with Gasteiger partial charge >= 0.3 is 0 Å². The van der Waals surface area contributed by atoms with Gasteiger partial charge in [0, 0.05) is 6.54 Å². The van der Waals surface area contributed by atoms with E-state index in [-0.39, 0.29) is 0 Å². The standard InChI is InChI=1S/C15H24N2O2S/c1-12-7-9-13(10-8-12)11-16-14-5-3-4-6-15(14)17-20(2,18)19/h3-6,12-13,16-17H,7-11H2,1-2H3. The van der Waals surface area contributed by atoms with Crippen LogP contribution in [0.4, 0.5) is 11.4 Å². The quantitative estimate of drug-likeness (QED) is 0.876. The maximum absolute atomic E-state index is 11.4. The van der Waals surface area contributed by atoms with Crippen LogP contribution < -0.4 is 10.0 Å². The van der Waals surface area contributed by atoms with Crippen molar-refractivity contribution in [3.8, 4) is 0 Å². The summed E-state index contributed by atoms with van der Waals surface area (Å²) < 4.78 is 25.3. The average molecular weight is 296 g/mol. The van der Waals surface area contributed by atoms with Crippen LogP contribution in [0.1, 0.15) is 32.6 Å². The van der Waals surface area contributed by atoms with Gasteiger partial charge in [0.2, 0.25) is 10.0 Å². The number of nitrogens with one attached hydrogen (secondary N) is 2. The highest BCUT2D eigenvalue weighted by Crippen LogP contribution is 2.29. The number of sulfonamides is 1. The van der Waals surface area contributed by atoms with Gasteiger partial charge < -0.3 is 5.32 Å². The predicted molar refractivity (Wildman–Crippen MR) is 84.5 cm³/mol. The molecule has 2 rings (SSSR count). The van der Waals surface area contributed by atoms with Crippen molar-refractivity contribution in [1.29, 1.82) is 0 Å². The monoisotopic (exact) mass is 296 g/mol. The zero-order valence-electron chi connectivity index (χ0n) is 12.2. The van der Waals surface area contributed by atoms with Crippen LogP contribution >= 0.6 is 0 Å². The van der Waals surface area contributed by atoms with E-state index in [0.29, 0.717) is 11.6 Å². The lowest BCUT2D eigenvalue weighted by atomic mass is 9.83. The molecule has 0 saturated heterocycles. The van der Waals surface area contributed by atoms with Gasteiger partial charge in [0.1, 0.15) is 0 Å². The molecule has 0 spiro atoms. The highest BCUT2D eigenvalue weighted by molar-refractivity contribution is 7.92. The Balaban J connectivity index is 1.95. The van der Waals surface area contributed by atoms with Crippen LogP contribution in [0.5, 0.6) is 0 Å². The fourth-order valence-corrected chi connectivity index (χ4v) is 3.29. The SMILES string of the molecule is CC1CCC(CNc2ccccc2NS(C)(=O)=O)CC1. The molecule has 112 valence electrons. The summed E-state index contributed by atoms with van der Waals surface area (Å²) in [5, 5.41) is 3.39. The topological polar surface area (TPSA) is 58.2 Å². The largest absolute Gasteiger partial charge is 0.383 e. The molecule has 5 heteroatoms. The summed E-state index contributed by atoms with van der Waals surface area (Å²) in [6.07, 6.45) is 6.29. The third kappa shape index (κ3) is 4.71. The summed E-state index contributed by atoms with van der Waals surface area (Å²) in [5.74, 6) is 1.54. The van der Waals surface area contributed by atoms with E-state index >= 15 is 0 Å². The molecule has 0 bridgehead atoms. The number of benzene rings is 1. The molecule has 0 heterocycles. The summed E-state index contributed by atoms with van der Waals surface area (Å²) in [5.41, 5.74) is 1.48. The van der Waals surface area contributed by atoms with E-state index in [1.165, 1.54) is 31.9 Å². The van der Waals surface area contributed by atoms with Crippen molar-refractivity contribution in [2.45, 2.75) is 32.6 Å². The lowest BCUT2D eigenvalue weighted by Crippen LogP contribution is -2.21. The van der Waals surface area contributed by atoms with Crippen molar-refractivity contribution in [3.05, 3.63) is 24.3 Å². The second kappa shape index (κ2) is 6.48. The van der Waals surface area contributed by atoms with Gasteiger partial charge in [0.05, 0.1) is 17.6 Å². The Morgan fingerprint density at radius 1 is 1.10 bits per heavy atom. The molecule has 2 N–H and O–H groups in total. The van der Waals surface area contributed by atoms with Crippen molar-refractivity contribution in [3.63, 3.8) is 0 Å². The first-order valence-corrected chi connectivity index (χ1v) is 9.14.